The van der Waals surface area contributed by atoms with Gasteiger partial charge in [-0.2, -0.15) is 0 Å². The molecule has 2 aromatic carbocycles. The zero-order chi connectivity index (χ0) is 18.6. The van der Waals surface area contributed by atoms with Crippen molar-refractivity contribution in [2.45, 2.75) is 13.5 Å². The molecule has 0 saturated heterocycles. The molecular formula is C21H17N3O2S. The summed E-state index contributed by atoms with van der Waals surface area (Å²) in [6.07, 6.45) is 3.14. The number of carbonyl (C=O) groups is 1. The highest BCUT2D eigenvalue weighted by molar-refractivity contribution is 7.09. The van der Waals surface area contributed by atoms with Crippen molar-refractivity contribution in [1.82, 2.24) is 10.1 Å². The minimum absolute atomic E-state index is 0.158. The van der Waals surface area contributed by atoms with Crippen LogP contribution in [0.5, 0.6) is 0 Å². The van der Waals surface area contributed by atoms with Gasteiger partial charge in [-0.3, -0.25) is 4.79 Å². The Balaban J connectivity index is 1.74. The van der Waals surface area contributed by atoms with Crippen LogP contribution in [0.1, 0.15) is 21.1 Å². The molecule has 0 fully saturated rings. The molecule has 1 amide bonds. The fourth-order valence-electron chi connectivity index (χ4n) is 2.87. The highest BCUT2D eigenvalue weighted by atomic mass is 32.1. The maximum Gasteiger partial charge on any atom is 0.263 e. The van der Waals surface area contributed by atoms with Gasteiger partial charge >= 0.3 is 0 Å². The molecule has 0 unspecified atom stereocenters. The topological polar surface area (TPSA) is 59.2 Å². The van der Waals surface area contributed by atoms with Gasteiger partial charge in [-0.05, 0) is 30.2 Å². The molecule has 0 spiro atoms. The Kier molecular flexibility index (Phi) is 4.80. The van der Waals surface area contributed by atoms with Gasteiger partial charge in [0.2, 0.25) is 0 Å². The number of nitrogens with zero attached hydrogens (tertiary/aromatic N) is 3. The summed E-state index contributed by atoms with van der Waals surface area (Å²) in [6, 6.07) is 18.0. The average Bonchev–Trinajstić information content (AvgIpc) is 3.38. The van der Waals surface area contributed by atoms with E-state index in [0.29, 0.717) is 17.8 Å². The molecule has 0 bridgehead atoms. The van der Waals surface area contributed by atoms with Crippen molar-refractivity contribution in [1.29, 1.82) is 0 Å². The number of aromatic nitrogens is 2. The number of aryl methyl sites for hydroxylation is 1. The number of thiazole rings is 1. The average molecular weight is 375 g/mol. The second kappa shape index (κ2) is 7.55. The highest BCUT2D eigenvalue weighted by Gasteiger charge is 2.23. The van der Waals surface area contributed by atoms with E-state index in [1.54, 1.807) is 18.0 Å². The summed E-state index contributed by atoms with van der Waals surface area (Å²) in [6.45, 7) is 2.15. The van der Waals surface area contributed by atoms with E-state index in [0.717, 1.165) is 21.8 Å². The molecule has 0 aliphatic rings. The van der Waals surface area contributed by atoms with Crippen LogP contribution in [0.15, 0.2) is 77.0 Å². The lowest BCUT2D eigenvalue weighted by Crippen LogP contribution is -2.30. The highest BCUT2D eigenvalue weighted by Crippen LogP contribution is 2.27. The Bertz CT molecular complexity index is 1040. The van der Waals surface area contributed by atoms with E-state index in [2.05, 4.69) is 22.3 Å². The monoisotopic (exact) mass is 375 g/mol. The van der Waals surface area contributed by atoms with Crippen LogP contribution in [0.4, 0.5) is 5.69 Å². The molecule has 2 aromatic heterocycles. The minimum Gasteiger partial charge on any atom is -0.364 e. The number of benzene rings is 2. The number of amides is 1. The van der Waals surface area contributed by atoms with Gasteiger partial charge in [0, 0.05) is 17.3 Å². The molecule has 0 radical (unpaired) electrons. The molecule has 6 heteroatoms. The molecular weight excluding hydrogens is 358 g/mol. The van der Waals surface area contributed by atoms with Gasteiger partial charge in [0.05, 0.1) is 12.2 Å². The number of carbonyl (C=O) groups excluding carboxylic acids is 1. The molecule has 4 aromatic rings. The summed E-state index contributed by atoms with van der Waals surface area (Å²) >= 11 is 1.52. The summed E-state index contributed by atoms with van der Waals surface area (Å²) in [5, 5.41) is 6.61. The first-order valence-electron chi connectivity index (χ1n) is 8.49. The van der Waals surface area contributed by atoms with Crippen molar-refractivity contribution in [3.63, 3.8) is 0 Å². The molecule has 0 atom stereocenters. The van der Waals surface area contributed by atoms with E-state index >= 15 is 0 Å². The van der Waals surface area contributed by atoms with Crippen LogP contribution in [-0.4, -0.2) is 16.0 Å². The van der Waals surface area contributed by atoms with Crippen LogP contribution >= 0.6 is 11.3 Å². The van der Waals surface area contributed by atoms with Gasteiger partial charge in [0.1, 0.15) is 16.8 Å². The normalized spacial score (nSPS) is 10.7. The first-order valence-corrected chi connectivity index (χ1v) is 9.37. The van der Waals surface area contributed by atoms with E-state index in [9.17, 15) is 4.79 Å². The van der Waals surface area contributed by atoms with Gasteiger partial charge in [-0.15, -0.1) is 11.3 Å². The second-order valence-electron chi connectivity index (χ2n) is 6.05. The van der Waals surface area contributed by atoms with Crippen molar-refractivity contribution >= 4 is 22.9 Å². The van der Waals surface area contributed by atoms with Gasteiger partial charge in [-0.25, -0.2) is 4.98 Å². The zero-order valence-electron chi connectivity index (χ0n) is 14.7. The van der Waals surface area contributed by atoms with Gasteiger partial charge in [0.25, 0.3) is 5.91 Å². The molecule has 27 heavy (non-hydrogen) atoms. The van der Waals surface area contributed by atoms with Crippen molar-refractivity contribution < 1.29 is 9.32 Å². The molecule has 0 N–H and O–H groups in total. The summed E-state index contributed by atoms with van der Waals surface area (Å²) in [5.74, 6) is -0.158. The van der Waals surface area contributed by atoms with Crippen molar-refractivity contribution in [2.24, 2.45) is 0 Å². The first kappa shape index (κ1) is 17.2. The number of hydrogen-bond acceptors (Lipinski definition) is 5. The van der Waals surface area contributed by atoms with Crippen LogP contribution in [0.3, 0.4) is 0 Å². The quantitative estimate of drug-likeness (QED) is 0.495. The summed E-state index contributed by atoms with van der Waals surface area (Å²) in [5.41, 5.74) is 3.98. The molecule has 134 valence electrons. The smallest absolute Gasteiger partial charge is 0.263 e. The maximum absolute atomic E-state index is 13.2. The van der Waals surface area contributed by atoms with Crippen LogP contribution in [0, 0.1) is 6.92 Å². The standard InChI is InChI=1S/C21H17N3O2S/c1-15-19(14-26-23-15)21(25)24(13-20-22-10-11-27-20)18-9-5-8-17(12-18)16-6-3-2-4-7-16/h2-12,14H,13H2,1H3. The Morgan fingerprint density at radius 2 is 1.93 bits per heavy atom. The van der Waals surface area contributed by atoms with Crippen LogP contribution in [0.2, 0.25) is 0 Å². The van der Waals surface area contributed by atoms with Crippen LogP contribution in [0.25, 0.3) is 11.1 Å². The summed E-state index contributed by atoms with van der Waals surface area (Å²) in [7, 11) is 0. The van der Waals surface area contributed by atoms with Crippen molar-refractivity contribution in [3.05, 3.63) is 88.7 Å². The van der Waals surface area contributed by atoms with Crippen molar-refractivity contribution in [3.8, 4) is 11.1 Å². The predicted octanol–water partition coefficient (Wildman–Crippen LogP) is 4.95. The Labute approximate surface area is 160 Å². The largest absolute Gasteiger partial charge is 0.364 e. The van der Waals surface area contributed by atoms with E-state index < -0.39 is 0 Å². The van der Waals surface area contributed by atoms with Crippen molar-refractivity contribution in [2.75, 3.05) is 4.90 Å². The van der Waals surface area contributed by atoms with Gasteiger partial charge in [-0.1, -0.05) is 47.6 Å². The lowest BCUT2D eigenvalue weighted by molar-refractivity contribution is 0.0984. The first-order chi connectivity index (χ1) is 13.2. The van der Waals surface area contributed by atoms with Gasteiger partial charge < -0.3 is 9.42 Å². The lowest BCUT2D eigenvalue weighted by atomic mass is 10.0. The lowest BCUT2D eigenvalue weighted by Gasteiger charge is -2.22. The molecule has 5 nitrogen and oxygen atoms in total. The predicted molar refractivity (Wildman–Crippen MR) is 106 cm³/mol. The summed E-state index contributed by atoms with van der Waals surface area (Å²) in [4.78, 5) is 19.3. The number of anilines is 1. The Hall–Kier alpha value is -3.25. The number of rotatable bonds is 5. The molecule has 0 saturated carbocycles. The second-order valence-corrected chi connectivity index (χ2v) is 7.03. The molecule has 0 aliphatic carbocycles. The maximum atomic E-state index is 13.2. The van der Waals surface area contributed by atoms with E-state index in [1.165, 1.54) is 17.6 Å². The Morgan fingerprint density at radius 3 is 2.63 bits per heavy atom. The zero-order valence-corrected chi connectivity index (χ0v) is 15.5. The summed E-state index contributed by atoms with van der Waals surface area (Å²) < 4.78 is 4.97. The molecule has 2 heterocycles. The SMILES string of the molecule is Cc1nocc1C(=O)N(Cc1nccs1)c1cccc(-c2ccccc2)c1. The fourth-order valence-corrected chi connectivity index (χ4v) is 3.48. The third-order valence-corrected chi connectivity index (χ3v) is 5.03. The van der Waals surface area contributed by atoms with Crippen LogP contribution in [-0.2, 0) is 6.54 Å². The van der Waals surface area contributed by atoms with Gasteiger partial charge in [0.15, 0.2) is 0 Å². The minimum atomic E-state index is -0.158. The fraction of sp³-hybridized carbons (Fsp3) is 0.0952. The van der Waals surface area contributed by atoms with E-state index in [4.69, 9.17) is 4.52 Å². The van der Waals surface area contributed by atoms with E-state index in [-0.39, 0.29) is 5.91 Å². The Morgan fingerprint density at radius 1 is 1.11 bits per heavy atom. The van der Waals surface area contributed by atoms with E-state index in [1.807, 2.05) is 47.8 Å². The molecule has 0 aliphatic heterocycles. The molecule has 4 rings (SSSR count). The number of hydrogen-bond donors (Lipinski definition) is 0. The third-order valence-electron chi connectivity index (χ3n) is 4.27. The third kappa shape index (κ3) is 3.66. The van der Waals surface area contributed by atoms with Crippen LogP contribution < -0.4 is 4.90 Å².